The van der Waals surface area contributed by atoms with E-state index in [0.717, 1.165) is 0 Å². The second kappa shape index (κ2) is 5.27. The van der Waals surface area contributed by atoms with Gasteiger partial charge in [-0.3, -0.25) is 4.79 Å². The highest BCUT2D eigenvalue weighted by molar-refractivity contribution is 8.00. The molecule has 1 aliphatic rings. The molecule has 1 heterocycles. The van der Waals surface area contributed by atoms with E-state index >= 15 is 0 Å². The molecule has 0 atom stereocenters. The average Bonchev–Trinajstić information content (AvgIpc) is 2.28. The van der Waals surface area contributed by atoms with Crippen LogP contribution in [0.3, 0.4) is 0 Å². The normalized spacial score (nSPS) is 17.3. The van der Waals surface area contributed by atoms with E-state index in [1.807, 2.05) is 11.8 Å². The lowest BCUT2D eigenvalue weighted by Gasteiger charge is -2.40. The summed E-state index contributed by atoms with van der Waals surface area (Å²) in [6, 6.07) is 3.41. The van der Waals surface area contributed by atoms with Gasteiger partial charge in [-0.25, -0.2) is 4.98 Å². The molecule has 1 aromatic rings. The van der Waals surface area contributed by atoms with Crippen molar-refractivity contribution in [2.24, 2.45) is 0 Å². The summed E-state index contributed by atoms with van der Waals surface area (Å²) in [5.74, 6) is -0.136. The van der Waals surface area contributed by atoms with E-state index in [-0.39, 0.29) is 15.8 Å². The Morgan fingerprint density at radius 2 is 2.41 bits per heavy atom. The van der Waals surface area contributed by atoms with Gasteiger partial charge < -0.3 is 5.32 Å². The number of halogens is 1. The van der Waals surface area contributed by atoms with Crippen molar-refractivity contribution in [3.05, 3.63) is 29.0 Å². The van der Waals surface area contributed by atoms with Gasteiger partial charge in [0.05, 0.1) is 5.56 Å². The summed E-state index contributed by atoms with van der Waals surface area (Å²) in [4.78, 5) is 15.8. The third-order valence-electron chi connectivity index (χ3n) is 3.27. The van der Waals surface area contributed by atoms with E-state index in [1.165, 1.54) is 19.3 Å². The Labute approximate surface area is 110 Å². The molecule has 0 spiro atoms. The molecule has 1 N–H and O–H groups in total. The van der Waals surface area contributed by atoms with Crippen LogP contribution in [0.15, 0.2) is 18.3 Å². The fourth-order valence-electron chi connectivity index (χ4n) is 1.92. The van der Waals surface area contributed by atoms with Crippen LogP contribution in [0.1, 0.15) is 29.6 Å². The van der Waals surface area contributed by atoms with Crippen LogP contribution >= 0.6 is 23.4 Å². The van der Waals surface area contributed by atoms with Crippen molar-refractivity contribution >= 4 is 29.3 Å². The standard InChI is InChI=1S/C12H15ClN2OS/c1-17-12(5-3-6-12)8-15-11(16)9-4-2-7-14-10(9)13/h2,4,7H,3,5-6,8H2,1H3,(H,15,16). The Hall–Kier alpha value is -0.740. The summed E-state index contributed by atoms with van der Waals surface area (Å²) < 4.78 is 0.240. The smallest absolute Gasteiger partial charge is 0.254 e. The lowest BCUT2D eigenvalue weighted by molar-refractivity contribution is 0.0943. The zero-order valence-corrected chi connectivity index (χ0v) is 11.3. The van der Waals surface area contributed by atoms with E-state index in [9.17, 15) is 4.79 Å². The molecule has 1 amide bonds. The second-order valence-corrected chi connectivity index (χ2v) is 5.90. The fraction of sp³-hybridized carbons (Fsp3) is 0.500. The monoisotopic (exact) mass is 270 g/mol. The van der Waals surface area contributed by atoms with Crippen LogP contribution in [-0.4, -0.2) is 28.4 Å². The van der Waals surface area contributed by atoms with Crippen molar-refractivity contribution in [3.63, 3.8) is 0 Å². The number of pyridine rings is 1. The fourth-order valence-corrected chi connectivity index (χ4v) is 3.03. The highest BCUT2D eigenvalue weighted by atomic mass is 35.5. The number of nitrogens with one attached hydrogen (secondary N) is 1. The van der Waals surface area contributed by atoms with Crippen LogP contribution < -0.4 is 5.32 Å². The van der Waals surface area contributed by atoms with Gasteiger partial charge in [0.1, 0.15) is 5.15 Å². The molecule has 0 bridgehead atoms. The Morgan fingerprint density at radius 3 is 2.94 bits per heavy atom. The van der Waals surface area contributed by atoms with E-state index in [4.69, 9.17) is 11.6 Å². The summed E-state index contributed by atoms with van der Waals surface area (Å²) >= 11 is 7.71. The first-order valence-corrected chi connectivity index (χ1v) is 7.21. The lowest BCUT2D eigenvalue weighted by atomic mass is 9.84. The SMILES string of the molecule is CSC1(CNC(=O)c2cccnc2Cl)CCC1. The number of amides is 1. The molecule has 2 rings (SSSR count). The van der Waals surface area contributed by atoms with Crippen molar-refractivity contribution < 1.29 is 4.79 Å². The molecule has 0 radical (unpaired) electrons. The van der Waals surface area contributed by atoms with Gasteiger partial charge >= 0.3 is 0 Å². The Kier molecular flexibility index (Phi) is 3.94. The first-order chi connectivity index (χ1) is 8.17. The van der Waals surface area contributed by atoms with E-state index in [1.54, 1.807) is 18.3 Å². The number of aromatic nitrogens is 1. The molecule has 0 unspecified atom stereocenters. The number of carbonyl (C=O) groups is 1. The Morgan fingerprint density at radius 1 is 1.65 bits per heavy atom. The Balaban J connectivity index is 1.96. The third kappa shape index (κ3) is 2.75. The summed E-state index contributed by atoms with van der Waals surface area (Å²) in [7, 11) is 0. The van der Waals surface area contributed by atoms with E-state index < -0.39 is 0 Å². The maximum absolute atomic E-state index is 11.9. The van der Waals surface area contributed by atoms with Crippen molar-refractivity contribution in [1.82, 2.24) is 10.3 Å². The minimum atomic E-state index is -0.136. The van der Waals surface area contributed by atoms with Crippen LogP contribution in [0.2, 0.25) is 5.15 Å². The molecule has 17 heavy (non-hydrogen) atoms. The largest absolute Gasteiger partial charge is 0.351 e. The van der Waals surface area contributed by atoms with Gasteiger partial charge in [-0.2, -0.15) is 11.8 Å². The molecule has 3 nitrogen and oxygen atoms in total. The van der Waals surface area contributed by atoms with E-state index in [2.05, 4.69) is 16.6 Å². The summed E-state index contributed by atoms with van der Waals surface area (Å²) in [6.07, 6.45) is 7.28. The van der Waals surface area contributed by atoms with Gasteiger partial charge in [0, 0.05) is 17.5 Å². The number of carbonyl (C=O) groups excluding carboxylic acids is 1. The van der Waals surface area contributed by atoms with E-state index in [0.29, 0.717) is 12.1 Å². The topological polar surface area (TPSA) is 42.0 Å². The first-order valence-electron chi connectivity index (χ1n) is 5.61. The van der Waals surface area contributed by atoms with Crippen molar-refractivity contribution in [1.29, 1.82) is 0 Å². The lowest BCUT2D eigenvalue weighted by Crippen LogP contribution is -2.45. The molecule has 0 aromatic carbocycles. The third-order valence-corrected chi connectivity index (χ3v) is 4.99. The Bertz CT molecular complexity index is 415. The van der Waals surface area contributed by atoms with Gasteiger partial charge in [0.25, 0.3) is 5.91 Å². The van der Waals surface area contributed by atoms with Crippen LogP contribution in [0, 0.1) is 0 Å². The second-order valence-electron chi connectivity index (χ2n) is 4.27. The molecular formula is C12H15ClN2OS. The molecule has 0 saturated heterocycles. The zero-order valence-electron chi connectivity index (χ0n) is 9.70. The molecule has 1 aromatic heterocycles. The van der Waals surface area contributed by atoms with Gasteiger partial charge in [0.15, 0.2) is 0 Å². The van der Waals surface area contributed by atoms with Gasteiger partial charge in [-0.1, -0.05) is 18.0 Å². The predicted octanol–water partition coefficient (Wildman–Crippen LogP) is 2.75. The molecule has 1 saturated carbocycles. The zero-order chi connectivity index (χ0) is 12.3. The highest BCUT2D eigenvalue weighted by Crippen LogP contribution is 2.42. The molecule has 1 fully saturated rings. The summed E-state index contributed by atoms with van der Waals surface area (Å²) in [6.45, 7) is 0.707. The molecule has 92 valence electrons. The van der Waals surface area contributed by atoms with Crippen LogP contribution in [0.5, 0.6) is 0 Å². The number of nitrogens with zero attached hydrogens (tertiary/aromatic N) is 1. The maximum atomic E-state index is 11.9. The van der Waals surface area contributed by atoms with Gasteiger partial charge in [0.2, 0.25) is 0 Å². The molecular weight excluding hydrogens is 256 g/mol. The number of rotatable bonds is 4. The van der Waals surface area contributed by atoms with Crippen molar-refractivity contribution in [3.8, 4) is 0 Å². The van der Waals surface area contributed by atoms with Crippen LogP contribution in [-0.2, 0) is 0 Å². The minimum absolute atomic E-state index is 0.136. The van der Waals surface area contributed by atoms with Crippen molar-refractivity contribution in [2.75, 3.05) is 12.8 Å². The molecule has 0 aliphatic heterocycles. The summed E-state index contributed by atoms with van der Waals surface area (Å²) in [5.41, 5.74) is 0.449. The quantitative estimate of drug-likeness (QED) is 0.856. The van der Waals surface area contributed by atoms with Gasteiger partial charge in [-0.05, 0) is 31.2 Å². The summed E-state index contributed by atoms with van der Waals surface area (Å²) in [5, 5.41) is 3.21. The van der Waals surface area contributed by atoms with Gasteiger partial charge in [-0.15, -0.1) is 0 Å². The number of hydrogen-bond acceptors (Lipinski definition) is 3. The number of thioether (sulfide) groups is 1. The molecule has 5 heteroatoms. The molecule has 1 aliphatic carbocycles. The van der Waals surface area contributed by atoms with Crippen LogP contribution in [0.4, 0.5) is 0 Å². The first kappa shape index (κ1) is 12.7. The average molecular weight is 271 g/mol. The maximum Gasteiger partial charge on any atom is 0.254 e. The van der Waals surface area contributed by atoms with Crippen molar-refractivity contribution in [2.45, 2.75) is 24.0 Å². The predicted molar refractivity (Wildman–Crippen MR) is 71.7 cm³/mol. The highest BCUT2D eigenvalue weighted by Gasteiger charge is 2.36. The number of hydrogen-bond donors (Lipinski definition) is 1. The minimum Gasteiger partial charge on any atom is -0.351 e. The van der Waals surface area contributed by atoms with Crippen LogP contribution in [0.25, 0.3) is 0 Å².